The fourth-order valence-corrected chi connectivity index (χ4v) is 3.09. The summed E-state index contributed by atoms with van der Waals surface area (Å²) in [5.41, 5.74) is -0.270. The Morgan fingerprint density at radius 1 is 1.56 bits per heavy atom. The van der Waals surface area contributed by atoms with Crippen molar-refractivity contribution in [3.8, 4) is 6.07 Å². The lowest BCUT2D eigenvalue weighted by atomic mass is 10.00. The number of nitriles is 1. The van der Waals surface area contributed by atoms with Crippen molar-refractivity contribution in [3.63, 3.8) is 0 Å². The maximum atomic E-state index is 9.43. The van der Waals surface area contributed by atoms with Crippen LogP contribution < -0.4 is 5.32 Å². The van der Waals surface area contributed by atoms with Crippen molar-refractivity contribution in [1.29, 1.82) is 5.26 Å². The maximum absolute atomic E-state index is 9.43. The van der Waals surface area contributed by atoms with Crippen molar-refractivity contribution in [3.05, 3.63) is 10.0 Å². The van der Waals surface area contributed by atoms with Gasteiger partial charge in [0.1, 0.15) is 10.9 Å². The minimum atomic E-state index is -0.270. The van der Waals surface area contributed by atoms with Crippen molar-refractivity contribution >= 4 is 28.1 Å². The second-order valence-electron chi connectivity index (χ2n) is 4.02. The molecule has 0 aliphatic heterocycles. The van der Waals surface area contributed by atoms with Crippen LogP contribution in [0.3, 0.4) is 0 Å². The third-order valence-electron chi connectivity index (χ3n) is 2.92. The van der Waals surface area contributed by atoms with Gasteiger partial charge in [-0.1, -0.05) is 35.8 Å². The molecule has 1 aliphatic rings. The number of hydrogen-bond acceptors (Lipinski definition) is 5. The van der Waals surface area contributed by atoms with Gasteiger partial charge in [0.15, 0.2) is 10.3 Å². The van der Waals surface area contributed by atoms with Crippen LogP contribution in [0.1, 0.15) is 30.6 Å². The Labute approximate surface area is 103 Å². The zero-order valence-electron chi connectivity index (χ0n) is 8.66. The lowest BCUT2D eigenvalue weighted by Gasteiger charge is -2.27. The molecule has 1 aromatic rings. The summed E-state index contributed by atoms with van der Waals surface area (Å²) < 4.78 is 0. The van der Waals surface area contributed by atoms with Gasteiger partial charge < -0.3 is 10.4 Å². The molecule has 0 aromatic carbocycles. The first-order chi connectivity index (χ1) is 7.69. The van der Waals surface area contributed by atoms with Crippen LogP contribution in [0.25, 0.3) is 0 Å². The number of thiazole rings is 1. The Kier molecular flexibility index (Phi) is 3.33. The van der Waals surface area contributed by atoms with Crippen molar-refractivity contribution < 1.29 is 5.11 Å². The van der Waals surface area contributed by atoms with Crippen LogP contribution in [0.4, 0.5) is 5.13 Å². The van der Waals surface area contributed by atoms with E-state index in [9.17, 15) is 5.11 Å². The Hall–Kier alpha value is -0.830. The summed E-state index contributed by atoms with van der Waals surface area (Å²) in [5.74, 6) is 0. The summed E-state index contributed by atoms with van der Waals surface area (Å²) in [6.07, 6.45) is 4.08. The van der Waals surface area contributed by atoms with Gasteiger partial charge in [-0.15, -0.1) is 0 Å². The van der Waals surface area contributed by atoms with E-state index in [1.165, 1.54) is 11.3 Å². The van der Waals surface area contributed by atoms with E-state index in [0.717, 1.165) is 25.7 Å². The number of nitrogens with one attached hydrogen (secondary N) is 1. The molecular formula is C10H12ClN3OS. The molecule has 1 aliphatic carbocycles. The number of hydrogen-bond donors (Lipinski definition) is 2. The molecule has 4 nitrogen and oxygen atoms in total. The lowest BCUT2D eigenvalue weighted by Crippen LogP contribution is -2.38. The van der Waals surface area contributed by atoms with Crippen LogP contribution in [0.2, 0.25) is 5.15 Å². The van der Waals surface area contributed by atoms with E-state index in [2.05, 4.69) is 10.3 Å². The number of aromatic nitrogens is 1. The van der Waals surface area contributed by atoms with Gasteiger partial charge in [0.05, 0.1) is 12.1 Å². The van der Waals surface area contributed by atoms with Crippen LogP contribution in [-0.2, 0) is 0 Å². The van der Waals surface area contributed by atoms with Gasteiger partial charge in [-0.2, -0.15) is 5.26 Å². The average molecular weight is 258 g/mol. The van der Waals surface area contributed by atoms with Crippen LogP contribution >= 0.6 is 22.9 Å². The lowest BCUT2D eigenvalue weighted by molar-refractivity contribution is 0.214. The van der Waals surface area contributed by atoms with E-state index in [1.807, 2.05) is 6.07 Å². The number of aliphatic hydroxyl groups is 1. The van der Waals surface area contributed by atoms with Crippen molar-refractivity contribution in [2.24, 2.45) is 0 Å². The fourth-order valence-electron chi connectivity index (χ4n) is 2.03. The zero-order chi connectivity index (χ0) is 11.6. The van der Waals surface area contributed by atoms with Gasteiger partial charge in [-0.3, -0.25) is 0 Å². The molecule has 0 amide bonds. The van der Waals surface area contributed by atoms with E-state index < -0.39 is 0 Å². The van der Waals surface area contributed by atoms with Crippen LogP contribution in [0.15, 0.2) is 0 Å². The number of anilines is 1. The first-order valence-corrected chi connectivity index (χ1v) is 6.34. The second kappa shape index (κ2) is 4.58. The molecule has 1 heterocycles. The predicted octanol–water partition coefficient (Wildman–Crippen LogP) is 2.39. The second-order valence-corrected chi connectivity index (χ2v) is 5.38. The van der Waals surface area contributed by atoms with E-state index >= 15 is 0 Å². The van der Waals surface area contributed by atoms with Gasteiger partial charge in [0.2, 0.25) is 0 Å². The summed E-state index contributed by atoms with van der Waals surface area (Å²) in [5, 5.41) is 22.3. The molecule has 0 bridgehead atoms. The Balaban J connectivity index is 2.16. The first-order valence-electron chi connectivity index (χ1n) is 5.14. The van der Waals surface area contributed by atoms with Gasteiger partial charge >= 0.3 is 0 Å². The summed E-state index contributed by atoms with van der Waals surface area (Å²) in [7, 11) is 0. The molecular weight excluding hydrogens is 246 g/mol. The molecule has 0 spiro atoms. The van der Waals surface area contributed by atoms with E-state index in [1.54, 1.807) is 0 Å². The van der Waals surface area contributed by atoms with Crippen molar-refractivity contribution in [2.75, 3.05) is 11.9 Å². The molecule has 6 heteroatoms. The standard InChI is InChI=1S/C10H12ClN3OS/c11-8-7(5-12)16-9(13-8)14-10(6-15)3-1-2-4-10/h15H,1-4,6H2,(H,13,14). The smallest absolute Gasteiger partial charge is 0.185 e. The molecule has 16 heavy (non-hydrogen) atoms. The highest BCUT2D eigenvalue weighted by molar-refractivity contribution is 7.16. The van der Waals surface area contributed by atoms with E-state index in [4.69, 9.17) is 16.9 Å². The first kappa shape index (κ1) is 11.6. The number of aliphatic hydroxyl groups excluding tert-OH is 1. The van der Waals surface area contributed by atoms with Crippen LogP contribution in [0, 0.1) is 11.3 Å². The highest BCUT2D eigenvalue weighted by Gasteiger charge is 2.34. The molecule has 2 rings (SSSR count). The van der Waals surface area contributed by atoms with E-state index in [0.29, 0.717) is 10.0 Å². The molecule has 86 valence electrons. The minimum absolute atomic E-state index is 0.0894. The molecule has 2 N–H and O–H groups in total. The quantitative estimate of drug-likeness (QED) is 0.872. The molecule has 1 saturated carbocycles. The number of rotatable bonds is 3. The molecule has 0 radical (unpaired) electrons. The fraction of sp³-hybridized carbons (Fsp3) is 0.600. The summed E-state index contributed by atoms with van der Waals surface area (Å²) in [6, 6.07) is 1.99. The number of nitrogens with zero attached hydrogens (tertiary/aromatic N) is 2. The van der Waals surface area contributed by atoms with E-state index in [-0.39, 0.29) is 17.3 Å². The highest BCUT2D eigenvalue weighted by Crippen LogP contribution is 2.35. The van der Waals surface area contributed by atoms with Gasteiger partial charge in [0.25, 0.3) is 0 Å². The van der Waals surface area contributed by atoms with Crippen LogP contribution in [0.5, 0.6) is 0 Å². The maximum Gasteiger partial charge on any atom is 0.185 e. The molecule has 1 fully saturated rings. The molecule has 0 unspecified atom stereocenters. The molecule has 0 atom stereocenters. The third kappa shape index (κ3) is 2.14. The van der Waals surface area contributed by atoms with Crippen LogP contribution in [-0.4, -0.2) is 22.2 Å². The molecule has 0 saturated heterocycles. The Morgan fingerprint density at radius 3 is 2.75 bits per heavy atom. The predicted molar refractivity (Wildman–Crippen MR) is 63.7 cm³/mol. The van der Waals surface area contributed by atoms with Gasteiger partial charge in [-0.05, 0) is 12.8 Å². The highest BCUT2D eigenvalue weighted by atomic mass is 35.5. The Bertz CT molecular complexity index is 420. The topological polar surface area (TPSA) is 68.9 Å². The van der Waals surface area contributed by atoms with Gasteiger partial charge in [0, 0.05) is 0 Å². The summed E-state index contributed by atoms with van der Waals surface area (Å²) in [4.78, 5) is 4.49. The summed E-state index contributed by atoms with van der Waals surface area (Å²) >= 11 is 7.03. The van der Waals surface area contributed by atoms with Gasteiger partial charge in [-0.25, -0.2) is 4.98 Å². The zero-order valence-corrected chi connectivity index (χ0v) is 10.2. The normalized spacial score (nSPS) is 18.3. The minimum Gasteiger partial charge on any atom is -0.394 e. The number of halogens is 1. The monoisotopic (exact) mass is 257 g/mol. The molecule has 1 aromatic heterocycles. The Morgan fingerprint density at radius 2 is 2.25 bits per heavy atom. The third-order valence-corrected chi connectivity index (χ3v) is 4.18. The summed E-state index contributed by atoms with van der Waals surface area (Å²) in [6.45, 7) is 0.0894. The van der Waals surface area contributed by atoms with Crippen molar-refractivity contribution in [2.45, 2.75) is 31.2 Å². The average Bonchev–Trinajstić information content (AvgIpc) is 2.87. The SMILES string of the molecule is N#Cc1sc(NC2(CO)CCCC2)nc1Cl. The van der Waals surface area contributed by atoms with Crippen molar-refractivity contribution in [1.82, 2.24) is 4.98 Å². The largest absolute Gasteiger partial charge is 0.394 e.